The molecule has 1 fully saturated rings. The van der Waals surface area contributed by atoms with Crippen LogP contribution in [0.3, 0.4) is 0 Å². The van der Waals surface area contributed by atoms with Gasteiger partial charge in [-0.15, -0.1) is 0 Å². The van der Waals surface area contributed by atoms with Gasteiger partial charge in [-0.3, -0.25) is 0 Å². The lowest BCUT2D eigenvalue weighted by Crippen LogP contribution is -2.38. The van der Waals surface area contributed by atoms with Gasteiger partial charge in [0.2, 0.25) is 0 Å². The Balaban J connectivity index is 1.96. The fourth-order valence-electron chi connectivity index (χ4n) is 2.42. The van der Waals surface area contributed by atoms with Crippen LogP contribution in [0.5, 0.6) is 0 Å². The van der Waals surface area contributed by atoms with E-state index in [9.17, 15) is 0 Å². The molecule has 3 atom stereocenters. The summed E-state index contributed by atoms with van der Waals surface area (Å²) in [4.78, 5) is 2.15. The summed E-state index contributed by atoms with van der Waals surface area (Å²) in [5.41, 5.74) is 0. The maximum atomic E-state index is 5.58. The summed E-state index contributed by atoms with van der Waals surface area (Å²) in [5.74, 6) is 1.78. The third-order valence-electron chi connectivity index (χ3n) is 3.96. The molecule has 1 rings (SSSR count). The SMILES string of the molecule is CC1CCC(NCCOCCN(C)C)CC1C. The highest BCUT2D eigenvalue weighted by Gasteiger charge is 2.23. The lowest BCUT2D eigenvalue weighted by atomic mass is 9.79. The minimum Gasteiger partial charge on any atom is -0.379 e. The topological polar surface area (TPSA) is 24.5 Å². The maximum Gasteiger partial charge on any atom is 0.0593 e. The van der Waals surface area contributed by atoms with Gasteiger partial charge in [0.05, 0.1) is 13.2 Å². The molecule has 3 unspecified atom stereocenters. The molecule has 0 amide bonds. The maximum absolute atomic E-state index is 5.58. The molecule has 0 saturated heterocycles. The van der Waals surface area contributed by atoms with E-state index in [4.69, 9.17) is 4.74 Å². The second kappa shape index (κ2) is 8.06. The first-order valence-electron chi connectivity index (χ1n) is 7.05. The van der Waals surface area contributed by atoms with E-state index in [1.807, 2.05) is 0 Å². The van der Waals surface area contributed by atoms with E-state index in [1.165, 1.54) is 19.3 Å². The molecule has 1 aliphatic rings. The Kier molecular flexibility index (Phi) is 7.09. The number of rotatable bonds is 7. The molecule has 0 spiro atoms. The Labute approximate surface area is 107 Å². The van der Waals surface area contributed by atoms with Gasteiger partial charge < -0.3 is 15.0 Å². The van der Waals surface area contributed by atoms with E-state index in [0.717, 1.165) is 44.2 Å². The van der Waals surface area contributed by atoms with E-state index in [2.05, 4.69) is 38.2 Å². The monoisotopic (exact) mass is 242 g/mol. The Hall–Kier alpha value is -0.120. The third kappa shape index (κ3) is 6.39. The summed E-state index contributed by atoms with van der Waals surface area (Å²) in [6, 6.07) is 0.721. The predicted octanol–water partition coefficient (Wildman–Crippen LogP) is 1.98. The van der Waals surface area contributed by atoms with E-state index < -0.39 is 0 Å². The van der Waals surface area contributed by atoms with E-state index in [-0.39, 0.29) is 0 Å². The van der Waals surface area contributed by atoms with Crippen molar-refractivity contribution in [1.29, 1.82) is 0 Å². The largest absolute Gasteiger partial charge is 0.379 e. The standard InChI is InChI=1S/C14H30N2O/c1-12-5-6-14(11-13(12)2)15-7-9-17-10-8-16(3)4/h12-15H,5-11H2,1-4H3. The minimum absolute atomic E-state index is 0.721. The van der Waals surface area contributed by atoms with Gasteiger partial charge in [-0.05, 0) is 45.2 Å². The van der Waals surface area contributed by atoms with Crippen molar-refractivity contribution >= 4 is 0 Å². The van der Waals surface area contributed by atoms with Crippen LogP contribution < -0.4 is 5.32 Å². The van der Waals surface area contributed by atoms with Crippen molar-refractivity contribution in [3.8, 4) is 0 Å². The molecule has 3 nitrogen and oxygen atoms in total. The normalized spacial score (nSPS) is 29.8. The number of nitrogens with one attached hydrogen (secondary N) is 1. The van der Waals surface area contributed by atoms with Gasteiger partial charge in [0, 0.05) is 19.1 Å². The first kappa shape index (κ1) is 14.9. The Morgan fingerprint density at radius 2 is 1.88 bits per heavy atom. The molecular formula is C14H30N2O. The van der Waals surface area contributed by atoms with Crippen LogP contribution in [0.25, 0.3) is 0 Å². The fraction of sp³-hybridized carbons (Fsp3) is 1.00. The molecule has 0 radical (unpaired) electrons. The van der Waals surface area contributed by atoms with Crippen molar-refractivity contribution in [1.82, 2.24) is 10.2 Å². The molecule has 17 heavy (non-hydrogen) atoms. The number of hydrogen-bond acceptors (Lipinski definition) is 3. The zero-order valence-corrected chi connectivity index (χ0v) is 12.0. The Morgan fingerprint density at radius 1 is 1.12 bits per heavy atom. The van der Waals surface area contributed by atoms with Crippen molar-refractivity contribution in [3.05, 3.63) is 0 Å². The summed E-state index contributed by atoms with van der Waals surface area (Å²) in [5, 5.41) is 3.62. The van der Waals surface area contributed by atoms with Gasteiger partial charge in [-0.2, -0.15) is 0 Å². The van der Waals surface area contributed by atoms with Gasteiger partial charge in [0.25, 0.3) is 0 Å². The number of hydrogen-bond donors (Lipinski definition) is 1. The molecule has 0 aromatic rings. The van der Waals surface area contributed by atoms with Crippen LogP contribution in [0.15, 0.2) is 0 Å². The number of nitrogens with zero attached hydrogens (tertiary/aromatic N) is 1. The van der Waals surface area contributed by atoms with Crippen molar-refractivity contribution in [2.45, 2.75) is 39.2 Å². The summed E-state index contributed by atoms with van der Waals surface area (Å²) in [6.45, 7) is 8.45. The van der Waals surface area contributed by atoms with Crippen LogP contribution in [-0.4, -0.2) is 51.3 Å². The highest BCUT2D eigenvalue weighted by molar-refractivity contribution is 4.79. The fourth-order valence-corrected chi connectivity index (χ4v) is 2.42. The van der Waals surface area contributed by atoms with Crippen LogP contribution >= 0.6 is 0 Å². The van der Waals surface area contributed by atoms with Crippen LogP contribution in [0, 0.1) is 11.8 Å². The van der Waals surface area contributed by atoms with Crippen LogP contribution in [-0.2, 0) is 4.74 Å². The summed E-state index contributed by atoms with van der Waals surface area (Å²) in [7, 11) is 4.15. The average Bonchev–Trinajstić information content (AvgIpc) is 2.27. The second-order valence-electron chi connectivity index (χ2n) is 5.83. The third-order valence-corrected chi connectivity index (χ3v) is 3.96. The van der Waals surface area contributed by atoms with Gasteiger partial charge in [-0.25, -0.2) is 0 Å². The molecule has 1 N–H and O–H groups in total. The highest BCUT2D eigenvalue weighted by atomic mass is 16.5. The molecule has 0 heterocycles. The minimum atomic E-state index is 0.721. The Morgan fingerprint density at radius 3 is 2.53 bits per heavy atom. The molecule has 1 saturated carbocycles. The molecule has 102 valence electrons. The van der Waals surface area contributed by atoms with Crippen LogP contribution in [0.4, 0.5) is 0 Å². The Bertz CT molecular complexity index is 197. The second-order valence-corrected chi connectivity index (χ2v) is 5.83. The number of likely N-dealkylation sites (N-methyl/N-ethyl adjacent to an activating group) is 1. The van der Waals surface area contributed by atoms with Crippen LogP contribution in [0.2, 0.25) is 0 Å². The zero-order chi connectivity index (χ0) is 12.7. The van der Waals surface area contributed by atoms with Gasteiger partial charge in [0.15, 0.2) is 0 Å². The molecule has 0 aliphatic heterocycles. The molecule has 1 aliphatic carbocycles. The lowest BCUT2D eigenvalue weighted by molar-refractivity contribution is 0.113. The summed E-state index contributed by atoms with van der Waals surface area (Å²) < 4.78 is 5.58. The van der Waals surface area contributed by atoms with Crippen LogP contribution in [0.1, 0.15) is 33.1 Å². The quantitative estimate of drug-likeness (QED) is 0.691. The van der Waals surface area contributed by atoms with E-state index >= 15 is 0 Å². The van der Waals surface area contributed by atoms with Gasteiger partial charge >= 0.3 is 0 Å². The van der Waals surface area contributed by atoms with E-state index in [1.54, 1.807) is 0 Å². The summed E-state index contributed by atoms with van der Waals surface area (Å²) >= 11 is 0. The molecule has 0 aromatic carbocycles. The van der Waals surface area contributed by atoms with Crippen molar-refractivity contribution in [2.75, 3.05) is 40.4 Å². The lowest BCUT2D eigenvalue weighted by Gasteiger charge is -2.32. The van der Waals surface area contributed by atoms with Crippen molar-refractivity contribution in [2.24, 2.45) is 11.8 Å². The highest BCUT2D eigenvalue weighted by Crippen LogP contribution is 2.29. The van der Waals surface area contributed by atoms with Gasteiger partial charge in [0.1, 0.15) is 0 Å². The molecule has 0 bridgehead atoms. The first-order chi connectivity index (χ1) is 8.09. The molecule has 0 aromatic heterocycles. The summed E-state index contributed by atoms with van der Waals surface area (Å²) in [6.07, 6.45) is 4.04. The first-order valence-corrected chi connectivity index (χ1v) is 7.05. The molecular weight excluding hydrogens is 212 g/mol. The zero-order valence-electron chi connectivity index (χ0n) is 12.0. The number of ether oxygens (including phenoxy) is 1. The molecule has 3 heteroatoms. The van der Waals surface area contributed by atoms with Crippen molar-refractivity contribution in [3.63, 3.8) is 0 Å². The van der Waals surface area contributed by atoms with Crippen molar-refractivity contribution < 1.29 is 4.74 Å². The predicted molar refractivity (Wildman–Crippen MR) is 73.3 cm³/mol. The average molecular weight is 242 g/mol. The van der Waals surface area contributed by atoms with Gasteiger partial charge in [-0.1, -0.05) is 13.8 Å². The smallest absolute Gasteiger partial charge is 0.0593 e. The van der Waals surface area contributed by atoms with E-state index in [0.29, 0.717) is 0 Å².